The average molecular weight is 375 g/mol. The Morgan fingerprint density at radius 1 is 1.43 bits per heavy atom. The maximum absolute atomic E-state index is 10.9. The van der Waals surface area contributed by atoms with Crippen LogP contribution in [-0.4, -0.2) is 11.7 Å². The predicted octanol–water partition coefficient (Wildman–Crippen LogP) is 5.07. The number of benzene rings is 1. The van der Waals surface area contributed by atoms with E-state index in [4.69, 9.17) is 17.3 Å². The molecule has 4 heteroatoms. The normalized spacial score (nSPS) is 27.6. The predicted molar refractivity (Wildman–Crippen MR) is 92.5 cm³/mol. The van der Waals surface area contributed by atoms with Crippen LogP contribution < -0.4 is 5.73 Å². The van der Waals surface area contributed by atoms with Crippen LogP contribution in [0.4, 0.5) is 0 Å². The van der Waals surface area contributed by atoms with E-state index in [2.05, 4.69) is 22.9 Å². The molecule has 0 aliphatic heterocycles. The number of hydrogen-bond acceptors (Lipinski definition) is 2. The molecule has 1 aromatic carbocycles. The fourth-order valence-corrected chi connectivity index (χ4v) is 4.49. The number of aliphatic hydroxyl groups excluding tert-OH is 1. The van der Waals surface area contributed by atoms with Gasteiger partial charge in [0.05, 0.1) is 6.10 Å². The first-order chi connectivity index (χ1) is 10.0. The van der Waals surface area contributed by atoms with E-state index in [-0.39, 0.29) is 5.41 Å². The number of rotatable bonds is 5. The van der Waals surface area contributed by atoms with E-state index in [0.717, 1.165) is 28.8 Å². The summed E-state index contributed by atoms with van der Waals surface area (Å²) in [6, 6.07) is 5.58. The van der Waals surface area contributed by atoms with E-state index in [0.29, 0.717) is 11.6 Å². The van der Waals surface area contributed by atoms with Gasteiger partial charge in [0.2, 0.25) is 0 Å². The van der Waals surface area contributed by atoms with Gasteiger partial charge in [0.1, 0.15) is 0 Å². The van der Waals surface area contributed by atoms with E-state index >= 15 is 0 Å². The third-order valence-corrected chi connectivity index (χ3v) is 5.96. The molecular weight excluding hydrogens is 350 g/mol. The lowest BCUT2D eigenvalue weighted by atomic mass is 9.65. The molecule has 118 valence electrons. The van der Waals surface area contributed by atoms with Crippen molar-refractivity contribution in [3.8, 4) is 0 Å². The Balaban J connectivity index is 2.17. The van der Waals surface area contributed by atoms with Crippen LogP contribution in [0.25, 0.3) is 0 Å². The minimum Gasteiger partial charge on any atom is -0.388 e. The lowest BCUT2D eigenvalue weighted by Crippen LogP contribution is -2.40. The van der Waals surface area contributed by atoms with Crippen molar-refractivity contribution in [2.24, 2.45) is 17.1 Å². The molecule has 1 aliphatic rings. The molecule has 1 aliphatic carbocycles. The van der Waals surface area contributed by atoms with Crippen molar-refractivity contribution in [3.63, 3.8) is 0 Å². The van der Waals surface area contributed by atoms with Gasteiger partial charge in [0, 0.05) is 21.5 Å². The largest absolute Gasteiger partial charge is 0.388 e. The quantitative estimate of drug-likeness (QED) is 0.755. The highest BCUT2D eigenvalue weighted by Gasteiger charge is 2.41. The van der Waals surface area contributed by atoms with E-state index in [1.54, 1.807) is 0 Å². The van der Waals surface area contributed by atoms with Gasteiger partial charge in [-0.3, -0.25) is 0 Å². The highest BCUT2D eigenvalue weighted by molar-refractivity contribution is 9.10. The summed E-state index contributed by atoms with van der Waals surface area (Å²) in [6.07, 6.45) is 6.36. The van der Waals surface area contributed by atoms with E-state index in [1.165, 1.54) is 25.7 Å². The fraction of sp³-hybridized carbons (Fsp3) is 0.647. The lowest BCUT2D eigenvalue weighted by molar-refractivity contribution is -0.0112. The van der Waals surface area contributed by atoms with Gasteiger partial charge < -0.3 is 10.8 Å². The van der Waals surface area contributed by atoms with Crippen molar-refractivity contribution >= 4 is 27.5 Å². The van der Waals surface area contributed by atoms with Crippen molar-refractivity contribution in [2.75, 3.05) is 6.54 Å². The molecule has 1 fully saturated rings. The maximum atomic E-state index is 10.9. The Labute approximate surface area is 141 Å². The maximum Gasteiger partial charge on any atom is 0.0869 e. The first-order valence-electron chi connectivity index (χ1n) is 7.85. The van der Waals surface area contributed by atoms with E-state index in [9.17, 15) is 5.11 Å². The molecular formula is C17H25BrClNO. The summed E-state index contributed by atoms with van der Waals surface area (Å²) in [5.74, 6) is 0.801. The Bertz CT molecular complexity index is 472. The Hall–Kier alpha value is -0.0900. The number of nitrogens with two attached hydrogens (primary N) is 1. The highest BCUT2D eigenvalue weighted by Crippen LogP contribution is 2.49. The molecule has 0 heterocycles. The zero-order valence-corrected chi connectivity index (χ0v) is 15.0. The van der Waals surface area contributed by atoms with Gasteiger partial charge in [-0.2, -0.15) is 0 Å². The lowest BCUT2D eigenvalue weighted by Gasteiger charge is -2.43. The third kappa shape index (κ3) is 3.82. The summed E-state index contributed by atoms with van der Waals surface area (Å²) >= 11 is 9.51. The van der Waals surface area contributed by atoms with Crippen molar-refractivity contribution < 1.29 is 5.11 Å². The molecule has 0 bridgehead atoms. The molecule has 21 heavy (non-hydrogen) atoms. The first-order valence-corrected chi connectivity index (χ1v) is 9.02. The number of hydrogen-bond donors (Lipinski definition) is 2. The Kier molecular flexibility index (Phi) is 6.13. The number of halogens is 2. The van der Waals surface area contributed by atoms with Crippen molar-refractivity contribution in [1.29, 1.82) is 0 Å². The summed E-state index contributed by atoms with van der Waals surface area (Å²) in [6.45, 7) is 2.77. The van der Waals surface area contributed by atoms with Crippen LogP contribution in [0.3, 0.4) is 0 Å². The smallest absolute Gasteiger partial charge is 0.0869 e. The van der Waals surface area contributed by atoms with E-state index < -0.39 is 6.10 Å². The second-order valence-corrected chi connectivity index (χ2v) is 7.66. The van der Waals surface area contributed by atoms with Gasteiger partial charge in [-0.05, 0) is 49.3 Å². The zero-order valence-electron chi connectivity index (χ0n) is 12.6. The standard InChI is InChI=1S/C17H25BrClNO/c1-2-3-12-6-8-17(11-20,9-7-12)16(21)14-5-4-13(19)10-15(14)18/h4-5,10,12,16,21H,2-3,6-9,11,20H2,1H3. The van der Waals surface area contributed by atoms with E-state index in [1.807, 2.05) is 18.2 Å². The monoisotopic (exact) mass is 373 g/mol. The minimum atomic E-state index is -0.531. The van der Waals surface area contributed by atoms with Gasteiger partial charge in [0.15, 0.2) is 0 Å². The van der Waals surface area contributed by atoms with Crippen molar-refractivity contribution in [3.05, 3.63) is 33.3 Å². The van der Waals surface area contributed by atoms with Crippen LogP contribution in [0.5, 0.6) is 0 Å². The molecule has 1 atom stereocenters. The summed E-state index contributed by atoms with van der Waals surface area (Å²) in [4.78, 5) is 0. The Morgan fingerprint density at radius 3 is 2.62 bits per heavy atom. The molecule has 1 saturated carbocycles. The van der Waals surface area contributed by atoms with Gasteiger partial charge in [-0.25, -0.2) is 0 Å². The third-order valence-electron chi connectivity index (χ3n) is 5.04. The Morgan fingerprint density at radius 2 is 2.10 bits per heavy atom. The second kappa shape index (κ2) is 7.45. The molecule has 2 nitrogen and oxygen atoms in total. The van der Waals surface area contributed by atoms with Crippen molar-refractivity contribution in [1.82, 2.24) is 0 Å². The van der Waals surface area contributed by atoms with Crippen molar-refractivity contribution in [2.45, 2.75) is 51.6 Å². The molecule has 0 radical (unpaired) electrons. The van der Waals surface area contributed by atoms with Crippen LogP contribution in [0, 0.1) is 11.3 Å². The second-order valence-electron chi connectivity index (χ2n) is 6.37. The van der Waals surface area contributed by atoms with Crippen LogP contribution in [0.15, 0.2) is 22.7 Å². The average Bonchev–Trinajstić information content (AvgIpc) is 2.48. The molecule has 2 rings (SSSR count). The van der Waals surface area contributed by atoms with Gasteiger partial charge >= 0.3 is 0 Å². The molecule has 0 aromatic heterocycles. The molecule has 1 aromatic rings. The van der Waals surface area contributed by atoms with Crippen LogP contribution in [-0.2, 0) is 0 Å². The van der Waals surface area contributed by atoms with Gasteiger partial charge in [-0.1, -0.05) is 53.4 Å². The van der Waals surface area contributed by atoms with Gasteiger partial charge in [0.25, 0.3) is 0 Å². The molecule has 1 unspecified atom stereocenters. The summed E-state index contributed by atoms with van der Waals surface area (Å²) in [7, 11) is 0. The van der Waals surface area contributed by atoms with Crippen LogP contribution in [0.1, 0.15) is 57.1 Å². The highest BCUT2D eigenvalue weighted by atomic mass is 79.9. The van der Waals surface area contributed by atoms with Crippen LogP contribution in [0.2, 0.25) is 5.02 Å². The molecule has 0 amide bonds. The minimum absolute atomic E-state index is 0.194. The summed E-state index contributed by atoms with van der Waals surface area (Å²) in [5.41, 5.74) is 6.78. The van der Waals surface area contributed by atoms with Crippen LogP contribution >= 0.6 is 27.5 Å². The first kappa shape index (κ1) is 17.3. The SMILES string of the molecule is CCCC1CCC(CN)(C(O)c2ccc(Cl)cc2Br)CC1. The van der Waals surface area contributed by atoms with Gasteiger partial charge in [-0.15, -0.1) is 0 Å². The number of aliphatic hydroxyl groups is 1. The topological polar surface area (TPSA) is 46.2 Å². The molecule has 3 N–H and O–H groups in total. The molecule has 0 spiro atoms. The zero-order chi connectivity index (χ0) is 15.5. The summed E-state index contributed by atoms with van der Waals surface area (Å²) < 4.78 is 0.867. The molecule has 0 saturated heterocycles. The fourth-order valence-electron chi connectivity index (χ4n) is 3.59. The summed E-state index contributed by atoms with van der Waals surface area (Å²) in [5, 5.41) is 11.6.